The molecule has 1 aromatic rings. The Labute approximate surface area is 116 Å². The first kappa shape index (κ1) is 13.7. The fraction of sp³-hybridized carbons (Fsp3) is 0.200. The molecule has 1 heterocycles. The molecule has 1 unspecified atom stereocenters. The summed E-state index contributed by atoms with van der Waals surface area (Å²) in [7, 11) is 0. The molecule has 1 aliphatic heterocycles. The highest BCUT2D eigenvalue weighted by molar-refractivity contribution is 5.49. The molecule has 1 aliphatic rings. The Kier molecular flexibility index (Phi) is 3.74. The number of ether oxygens (including phenoxy) is 1. The summed E-state index contributed by atoms with van der Waals surface area (Å²) in [5.74, 6) is 0.112. The summed E-state index contributed by atoms with van der Waals surface area (Å²) >= 11 is 0. The van der Waals surface area contributed by atoms with Crippen molar-refractivity contribution in [3.63, 3.8) is 0 Å². The Bertz CT molecular complexity index is 673. The molecule has 2 rings (SSSR count). The van der Waals surface area contributed by atoms with E-state index in [1.165, 1.54) is 0 Å². The number of hydrogen-bond acceptors (Lipinski definition) is 5. The van der Waals surface area contributed by atoms with Gasteiger partial charge in [-0.3, -0.25) is 0 Å². The fourth-order valence-electron chi connectivity index (χ4n) is 2.25. The number of aliphatic hydroxyl groups is 1. The van der Waals surface area contributed by atoms with Crippen LogP contribution in [-0.2, 0) is 4.74 Å². The zero-order chi connectivity index (χ0) is 14.7. The van der Waals surface area contributed by atoms with E-state index in [0.717, 1.165) is 5.56 Å². The Morgan fingerprint density at radius 2 is 1.90 bits per heavy atom. The van der Waals surface area contributed by atoms with Gasteiger partial charge in [0.15, 0.2) is 0 Å². The van der Waals surface area contributed by atoms with E-state index in [9.17, 15) is 10.4 Å². The zero-order valence-electron chi connectivity index (χ0n) is 10.9. The number of nitrogens with two attached hydrogens (primary N) is 1. The first-order valence-electron chi connectivity index (χ1n) is 6.00. The van der Waals surface area contributed by atoms with Crippen molar-refractivity contribution in [2.75, 3.05) is 6.61 Å². The van der Waals surface area contributed by atoms with Crippen molar-refractivity contribution in [2.24, 2.45) is 5.73 Å². The van der Waals surface area contributed by atoms with Crippen LogP contribution in [0, 0.1) is 22.7 Å². The van der Waals surface area contributed by atoms with E-state index >= 15 is 0 Å². The minimum Gasteiger partial charge on any atom is -0.445 e. The molecule has 1 atom stereocenters. The SMILES string of the molecule is CC1=C(CO)C(c2ccc(C#N)cc2)C(C#N)=C(N)O1. The van der Waals surface area contributed by atoms with Crippen molar-refractivity contribution < 1.29 is 9.84 Å². The maximum absolute atomic E-state index is 9.53. The summed E-state index contributed by atoms with van der Waals surface area (Å²) in [6, 6.07) is 10.9. The van der Waals surface area contributed by atoms with Gasteiger partial charge < -0.3 is 15.6 Å². The van der Waals surface area contributed by atoms with Crippen LogP contribution in [0.25, 0.3) is 0 Å². The Balaban J connectivity index is 2.56. The highest BCUT2D eigenvalue weighted by atomic mass is 16.5. The van der Waals surface area contributed by atoms with Crippen LogP contribution in [0.2, 0.25) is 0 Å². The molecule has 0 saturated carbocycles. The molecule has 0 aromatic heterocycles. The molecular formula is C15H13N3O2. The van der Waals surface area contributed by atoms with Crippen molar-refractivity contribution in [1.82, 2.24) is 0 Å². The van der Waals surface area contributed by atoms with Gasteiger partial charge in [0.1, 0.15) is 17.4 Å². The Hall–Kier alpha value is -2.76. The summed E-state index contributed by atoms with van der Waals surface area (Å²) in [5, 5.41) is 27.6. The molecule has 0 bridgehead atoms. The topological polar surface area (TPSA) is 103 Å². The Morgan fingerprint density at radius 1 is 1.25 bits per heavy atom. The second kappa shape index (κ2) is 5.48. The summed E-state index contributed by atoms with van der Waals surface area (Å²) in [6.07, 6.45) is 0. The summed E-state index contributed by atoms with van der Waals surface area (Å²) in [6.45, 7) is 1.47. The quantitative estimate of drug-likeness (QED) is 0.847. The van der Waals surface area contributed by atoms with Gasteiger partial charge in [-0.15, -0.1) is 0 Å². The van der Waals surface area contributed by atoms with Gasteiger partial charge in [-0.05, 0) is 24.6 Å². The molecular weight excluding hydrogens is 254 g/mol. The Morgan fingerprint density at radius 3 is 2.40 bits per heavy atom. The average molecular weight is 267 g/mol. The molecule has 1 aromatic carbocycles. The predicted molar refractivity (Wildman–Crippen MR) is 71.6 cm³/mol. The van der Waals surface area contributed by atoms with Crippen LogP contribution in [0.1, 0.15) is 24.0 Å². The van der Waals surface area contributed by atoms with E-state index in [0.29, 0.717) is 16.9 Å². The number of benzene rings is 1. The predicted octanol–water partition coefficient (Wildman–Crippen LogP) is 1.63. The van der Waals surface area contributed by atoms with Crippen LogP contribution in [0.5, 0.6) is 0 Å². The van der Waals surface area contributed by atoms with E-state index in [1.54, 1.807) is 31.2 Å². The van der Waals surface area contributed by atoms with Crippen molar-refractivity contribution in [1.29, 1.82) is 10.5 Å². The maximum atomic E-state index is 9.53. The monoisotopic (exact) mass is 267 g/mol. The third kappa shape index (κ3) is 2.23. The summed E-state index contributed by atoms with van der Waals surface area (Å²) < 4.78 is 5.29. The third-order valence-electron chi connectivity index (χ3n) is 3.28. The van der Waals surface area contributed by atoms with Gasteiger partial charge >= 0.3 is 0 Å². The van der Waals surface area contributed by atoms with Gasteiger partial charge in [0, 0.05) is 5.57 Å². The van der Waals surface area contributed by atoms with E-state index < -0.39 is 5.92 Å². The lowest BCUT2D eigenvalue weighted by atomic mass is 9.83. The number of aliphatic hydroxyl groups excluding tert-OH is 1. The van der Waals surface area contributed by atoms with Crippen LogP contribution >= 0.6 is 0 Å². The van der Waals surface area contributed by atoms with Crippen molar-refractivity contribution in [3.8, 4) is 12.1 Å². The number of nitrogens with zero attached hydrogens (tertiary/aromatic N) is 2. The molecule has 20 heavy (non-hydrogen) atoms. The molecule has 0 radical (unpaired) electrons. The molecule has 0 fully saturated rings. The number of hydrogen-bond donors (Lipinski definition) is 2. The largest absolute Gasteiger partial charge is 0.445 e. The summed E-state index contributed by atoms with van der Waals surface area (Å²) in [4.78, 5) is 0. The number of nitriles is 2. The molecule has 0 spiro atoms. The van der Waals surface area contributed by atoms with Gasteiger partial charge in [0.25, 0.3) is 0 Å². The highest BCUT2D eigenvalue weighted by Gasteiger charge is 2.30. The third-order valence-corrected chi connectivity index (χ3v) is 3.28. The zero-order valence-corrected chi connectivity index (χ0v) is 10.9. The van der Waals surface area contributed by atoms with Crippen LogP contribution in [0.4, 0.5) is 0 Å². The second-order valence-electron chi connectivity index (χ2n) is 4.40. The standard InChI is InChI=1S/C15H13N3O2/c1-9-13(8-19)14(12(7-17)15(18)20-9)11-4-2-10(6-16)3-5-11/h2-5,14,19H,8,18H2,1H3. The van der Waals surface area contributed by atoms with E-state index in [1.807, 2.05) is 12.1 Å². The van der Waals surface area contributed by atoms with E-state index in [4.69, 9.17) is 15.7 Å². The van der Waals surface area contributed by atoms with E-state index in [-0.39, 0.29) is 18.1 Å². The van der Waals surface area contributed by atoms with Crippen molar-refractivity contribution in [2.45, 2.75) is 12.8 Å². The fourth-order valence-corrected chi connectivity index (χ4v) is 2.25. The van der Waals surface area contributed by atoms with Gasteiger partial charge in [0.05, 0.1) is 24.2 Å². The lowest BCUT2D eigenvalue weighted by Crippen LogP contribution is -2.21. The lowest BCUT2D eigenvalue weighted by Gasteiger charge is -2.27. The second-order valence-corrected chi connectivity index (χ2v) is 4.40. The molecule has 100 valence electrons. The minimum absolute atomic E-state index is 0.0524. The smallest absolute Gasteiger partial charge is 0.205 e. The number of rotatable bonds is 2. The minimum atomic E-state index is -0.438. The van der Waals surface area contributed by atoms with Gasteiger partial charge in [-0.2, -0.15) is 10.5 Å². The molecule has 5 heteroatoms. The lowest BCUT2D eigenvalue weighted by molar-refractivity contribution is 0.255. The number of allylic oxidation sites excluding steroid dienone is 2. The molecule has 0 amide bonds. The molecule has 0 aliphatic carbocycles. The molecule has 0 saturated heterocycles. The van der Waals surface area contributed by atoms with Gasteiger partial charge in [0.2, 0.25) is 5.88 Å². The summed E-state index contributed by atoms with van der Waals surface area (Å²) in [5.41, 5.74) is 7.93. The van der Waals surface area contributed by atoms with E-state index in [2.05, 4.69) is 0 Å². The van der Waals surface area contributed by atoms with Crippen LogP contribution in [0.15, 0.2) is 47.1 Å². The maximum Gasteiger partial charge on any atom is 0.205 e. The van der Waals surface area contributed by atoms with Crippen molar-refractivity contribution >= 4 is 0 Å². The highest BCUT2D eigenvalue weighted by Crippen LogP contribution is 2.38. The molecule has 5 nitrogen and oxygen atoms in total. The van der Waals surface area contributed by atoms with Crippen LogP contribution < -0.4 is 5.73 Å². The van der Waals surface area contributed by atoms with Crippen LogP contribution in [0.3, 0.4) is 0 Å². The van der Waals surface area contributed by atoms with Crippen LogP contribution in [-0.4, -0.2) is 11.7 Å². The normalized spacial score (nSPS) is 18.3. The average Bonchev–Trinajstić information content (AvgIpc) is 2.46. The van der Waals surface area contributed by atoms with Crippen molar-refractivity contribution in [3.05, 3.63) is 58.2 Å². The first-order valence-corrected chi connectivity index (χ1v) is 6.00. The van der Waals surface area contributed by atoms with Gasteiger partial charge in [-0.1, -0.05) is 12.1 Å². The first-order chi connectivity index (χ1) is 9.62. The molecule has 3 N–H and O–H groups in total. The van der Waals surface area contributed by atoms with Gasteiger partial charge in [-0.25, -0.2) is 0 Å².